The smallest absolute Gasteiger partial charge is 0.304 e. The molecular formula is C16H19NO2. The molecule has 0 aliphatic heterocycles. The molecule has 19 heavy (non-hydrogen) atoms. The van der Waals surface area contributed by atoms with Crippen molar-refractivity contribution in [2.24, 2.45) is 0 Å². The van der Waals surface area contributed by atoms with E-state index in [0.29, 0.717) is 0 Å². The van der Waals surface area contributed by atoms with E-state index < -0.39 is 5.97 Å². The predicted molar refractivity (Wildman–Crippen MR) is 75.3 cm³/mol. The number of benzene rings is 1. The number of aromatic nitrogens is 1. The summed E-state index contributed by atoms with van der Waals surface area (Å²) < 4.78 is 0. The van der Waals surface area contributed by atoms with Crippen LogP contribution in [0.25, 0.3) is 0 Å². The van der Waals surface area contributed by atoms with Crippen LogP contribution in [0.4, 0.5) is 0 Å². The summed E-state index contributed by atoms with van der Waals surface area (Å²) in [7, 11) is 0. The number of aliphatic carboxylic acids is 1. The SMILES string of the molecule is CCCc1ccc(C(CC(=O)O)c2cc[nH]c2)cc1. The van der Waals surface area contributed by atoms with Crippen molar-refractivity contribution in [3.63, 3.8) is 0 Å². The van der Waals surface area contributed by atoms with Gasteiger partial charge in [-0.2, -0.15) is 0 Å². The van der Waals surface area contributed by atoms with E-state index in [2.05, 4.69) is 24.0 Å². The molecule has 0 radical (unpaired) electrons. The van der Waals surface area contributed by atoms with Gasteiger partial charge >= 0.3 is 5.97 Å². The predicted octanol–water partition coefficient (Wildman–Crippen LogP) is 3.57. The Bertz CT molecular complexity index is 514. The molecule has 2 rings (SSSR count). The largest absolute Gasteiger partial charge is 0.481 e. The Hall–Kier alpha value is -2.03. The Morgan fingerprint density at radius 2 is 1.95 bits per heavy atom. The number of H-pyrrole nitrogens is 1. The first kappa shape index (κ1) is 13.4. The number of carboxylic acids is 1. The van der Waals surface area contributed by atoms with Crippen molar-refractivity contribution in [3.05, 3.63) is 59.4 Å². The number of carbonyl (C=O) groups is 1. The van der Waals surface area contributed by atoms with Gasteiger partial charge in [-0.25, -0.2) is 0 Å². The van der Waals surface area contributed by atoms with Crippen LogP contribution in [0.3, 0.4) is 0 Å². The fourth-order valence-electron chi connectivity index (χ4n) is 2.36. The van der Waals surface area contributed by atoms with Crippen LogP contribution in [-0.2, 0) is 11.2 Å². The van der Waals surface area contributed by atoms with Gasteiger partial charge in [0, 0.05) is 18.3 Å². The lowest BCUT2D eigenvalue weighted by Gasteiger charge is -2.14. The summed E-state index contributed by atoms with van der Waals surface area (Å²) >= 11 is 0. The molecule has 0 fully saturated rings. The minimum Gasteiger partial charge on any atom is -0.481 e. The molecule has 2 aromatic rings. The van der Waals surface area contributed by atoms with Crippen LogP contribution in [0, 0.1) is 0 Å². The van der Waals surface area contributed by atoms with Crippen LogP contribution in [0.1, 0.15) is 42.4 Å². The van der Waals surface area contributed by atoms with Gasteiger partial charge in [0.05, 0.1) is 6.42 Å². The normalized spacial score (nSPS) is 12.3. The summed E-state index contributed by atoms with van der Waals surface area (Å²) in [4.78, 5) is 14.0. The molecule has 100 valence electrons. The van der Waals surface area contributed by atoms with Crippen molar-refractivity contribution in [2.45, 2.75) is 32.1 Å². The van der Waals surface area contributed by atoms with Crippen molar-refractivity contribution in [2.75, 3.05) is 0 Å². The van der Waals surface area contributed by atoms with Crippen molar-refractivity contribution >= 4 is 5.97 Å². The zero-order valence-corrected chi connectivity index (χ0v) is 11.1. The number of carboxylic acid groups (broad SMARTS) is 1. The molecule has 3 nitrogen and oxygen atoms in total. The zero-order chi connectivity index (χ0) is 13.7. The van der Waals surface area contributed by atoms with Crippen LogP contribution >= 0.6 is 0 Å². The van der Waals surface area contributed by atoms with Crippen molar-refractivity contribution in [3.8, 4) is 0 Å². The van der Waals surface area contributed by atoms with Gasteiger partial charge in [0.1, 0.15) is 0 Å². The van der Waals surface area contributed by atoms with Gasteiger partial charge in [0.25, 0.3) is 0 Å². The maximum absolute atomic E-state index is 11.0. The molecule has 1 unspecified atom stereocenters. The Morgan fingerprint density at radius 3 is 2.47 bits per heavy atom. The maximum Gasteiger partial charge on any atom is 0.304 e. The second-order valence-electron chi connectivity index (χ2n) is 4.79. The lowest BCUT2D eigenvalue weighted by atomic mass is 9.89. The molecule has 1 atom stereocenters. The van der Waals surface area contributed by atoms with Crippen LogP contribution < -0.4 is 0 Å². The third-order valence-electron chi connectivity index (χ3n) is 3.32. The van der Waals surface area contributed by atoms with Crippen molar-refractivity contribution in [1.82, 2.24) is 4.98 Å². The lowest BCUT2D eigenvalue weighted by molar-refractivity contribution is -0.137. The lowest BCUT2D eigenvalue weighted by Crippen LogP contribution is -2.07. The topological polar surface area (TPSA) is 53.1 Å². The highest BCUT2D eigenvalue weighted by atomic mass is 16.4. The molecule has 1 heterocycles. The molecule has 1 aromatic carbocycles. The highest BCUT2D eigenvalue weighted by Crippen LogP contribution is 2.28. The van der Waals surface area contributed by atoms with Crippen molar-refractivity contribution in [1.29, 1.82) is 0 Å². The van der Waals surface area contributed by atoms with Crippen LogP contribution in [0.15, 0.2) is 42.7 Å². The van der Waals surface area contributed by atoms with Crippen LogP contribution in [0.5, 0.6) is 0 Å². The van der Waals surface area contributed by atoms with Crippen molar-refractivity contribution < 1.29 is 9.90 Å². The summed E-state index contributed by atoms with van der Waals surface area (Å²) in [6, 6.07) is 10.2. The molecule has 0 aliphatic carbocycles. The van der Waals surface area contributed by atoms with E-state index in [1.807, 2.05) is 30.6 Å². The zero-order valence-electron chi connectivity index (χ0n) is 11.1. The van der Waals surface area contributed by atoms with E-state index in [-0.39, 0.29) is 12.3 Å². The minimum absolute atomic E-state index is 0.0839. The average molecular weight is 257 g/mol. The Kier molecular flexibility index (Phi) is 4.39. The number of rotatable bonds is 6. The summed E-state index contributed by atoms with van der Waals surface area (Å²) in [6.07, 6.45) is 6.00. The fourth-order valence-corrected chi connectivity index (χ4v) is 2.36. The van der Waals surface area contributed by atoms with E-state index in [1.54, 1.807) is 0 Å². The van der Waals surface area contributed by atoms with Crippen LogP contribution in [0.2, 0.25) is 0 Å². The number of hydrogen-bond acceptors (Lipinski definition) is 1. The number of nitrogens with one attached hydrogen (secondary N) is 1. The molecule has 0 saturated carbocycles. The first-order valence-corrected chi connectivity index (χ1v) is 6.64. The summed E-state index contributed by atoms with van der Waals surface area (Å²) in [5, 5.41) is 9.07. The highest BCUT2D eigenvalue weighted by Gasteiger charge is 2.18. The molecule has 2 N–H and O–H groups in total. The van der Waals surface area contributed by atoms with Gasteiger partial charge in [-0.15, -0.1) is 0 Å². The number of hydrogen-bond donors (Lipinski definition) is 2. The van der Waals surface area contributed by atoms with Gasteiger partial charge in [-0.1, -0.05) is 37.6 Å². The molecule has 0 aliphatic rings. The monoisotopic (exact) mass is 257 g/mol. The summed E-state index contributed by atoms with van der Waals surface area (Å²) in [5.41, 5.74) is 3.38. The quantitative estimate of drug-likeness (QED) is 0.831. The minimum atomic E-state index is -0.774. The molecule has 0 saturated heterocycles. The molecule has 0 bridgehead atoms. The van der Waals surface area contributed by atoms with Gasteiger partial charge < -0.3 is 10.1 Å². The summed E-state index contributed by atoms with van der Waals surface area (Å²) in [5.74, 6) is -0.858. The highest BCUT2D eigenvalue weighted by molar-refractivity contribution is 5.69. The standard InChI is InChI=1S/C16H19NO2/c1-2-3-12-4-6-13(7-5-12)15(10-16(18)19)14-8-9-17-11-14/h4-9,11,15,17H,2-3,10H2,1H3,(H,18,19). The second-order valence-corrected chi connectivity index (χ2v) is 4.79. The fraction of sp³-hybridized carbons (Fsp3) is 0.312. The molecule has 3 heteroatoms. The molecule has 0 amide bonds. The van der Waals surface area contributed by atoms with E-state index >= 15 is 0 Å². The number of aromatic amines is 1. The number of aryl methyl sites for hydroxylation is 1. The molecule has 1 aromatic heterocycles. The molecule has 0 spiro atoms. The average Bonchev–Trinajstić information content (AvgIpc) is 2.91. The summed E-state index contributed by atoms with van der Waals surface area (Å²) in [6.45, 7) is 2.15. The van der Waals surface area contributed by atoms with E-state index in [4.69, 9.17) is 5.11 Å². The Labute approximate surface area is 113 Å². The van der Waals surface area contributed by atoms with Crippen LogP contribution in [-0.4, -0.2) is 16.1 Å². The van der Waals surface area contributed by atoms with Gasteiger partial charge in [0.2, 0.25) is 0 Å². The van der Waals surface area contributed by atoms with E-state index in [1.165, 1.54) is 5.56 Å². The van der Waals surface area contributed by atoms with Gasteiger partial charge in [-0.3, -0.25) is 4.79 Å². The third kappa shape index (κ3) is 3.47. The Morgan fingerprint density at radius 1 is 1.21 bits per heavy atom. The maximum atomic E-state index is 11.0. The Balaban J connectivity index is 2.25. The first-order valence-electron chi connectivity index (χ1n) is 6.64. The third-order valence-corrected chi connectivity index (χ3v) is 3.32. The second kappa shape index (κ2) is 6.23. The van der Waals surface area contributed by atoms with Gasteiger partial charge in [0.15, 0.2) is 0 Å². The molecular weight excluding hydrogens is 238 g/mol. The van der Waals surface area contributed by atoms with E-state index in [9.17, 15) is 4.79 Å². The van der Waals surface area contributed by atoms with E-state index in [0.717, 1.165) is 24.0 Å². The first-order chi connectivity index (χ1) is 9.20. The van der Waals surface area contributed by atoms with Gasteiger partial charge in [-0.05, 0) is 29.2 Å².